The molecule has 3 heterocycles. The lowest BCUT2D eigenvalue weighted by atomic mass is 9.91. The zero-order chi connectivity index (χ0) is 19.3. The lowest BCUT2D eigenvalue weighted by Crippen LogP contribution is -2.55. The SMILES string of the molecule is Cc1ccc(C(C(C(=O)c2ccco2)N2CCOCC2)N2CCOCC2)cc1. The summed E-state index contributed by atoms with van der Waals surface area (Å²) in [6.45, 7) is 7.85. The summed E-state index contributed by atoms with van der Waals surface area (Å²) in [6, 6.07) is 11.7. The highest BCUT2D eigenvalue weighted by Crippen LogP contribution is 2.32. The number of benzene rings is 1. The molecular weight excluding hydrogens is 356 g/mol. The van der Waals surface area contributed by atoms with Gasteiger partial charge in [0.25, 0.3) is 0 Å². The summed E-state index contributed by atoms with van der Waals surface area (Å²) in [5, 5.41) is 0. The molecule has 6 nitrogen and oxygen atoms in total. The van der Waals surface area contributed by atoms with Crippen LogP contribution < -0.4 is 0 Å². The first-order valence-corrected chi connectivity index (χ1v) is 10.0. The van der Waals surface area contributed by atoms with Crippen LogP contribution in [0.25, 0.3) is 0 Å². The number of hydrogen-bond donors (Lipinski definition) is 0. The van der Waals surface area contributed by atoms with Gasteiger partial charge in [0.15, 0.2) is 5.76 Å². The maximum atomic E-state index is 13.6. The van der Waals surface area contributed by atoms with Crippen molar-refractivity contribution >= 4 is 5.78 Å². The third-order valence-electron chi connectivity index (χ3n) is 5.63. The second-order valence-corrected chi connectivity index (χ2v) is 7.44. The standard InChI is InChI=1S/C22H28N2O4/c1-17-4-6-18(7-5-17)20(23-8-13-26-14-9-23)21(24-10-15-27-16-11-24)22(25)19-3-2-12-28-19/h2-7,12,20-21H,8-11,13-16H2,1H3. The Morgan fingerprint density at radius 3 is 2.07 bits per heavy atom. The van der Waals surface area contributed by atoms with Crippen LogP contribution in [0.5, 0.6) is 0 Å². The molecule has 2 saturated heterocycles. The van der Waals surface area contributed by atoms with E-state index in [2.05, 4.69) is 41.0 Å². The maximum absolute atomic E-state index is 13.6. The molecule has 2 aliphatic heterocycles. The molecule has 2 unspecified atom stereocenters. The number of nitrogens with zero attached hydrogens (tertiary/aromatic N) is 2. The molecular formula is C22H28N2O4. The topological polar surface area (TPSA) is 55.2 Å². The molecule has 0 radical (unpaired) electrons. The fraction of sp³-hybridized carbons (Fsp3) is 0.500. The molecule has 2 aromatic rings. The number of Topliss-reactive ketones (excluding diaryl/α,β-unsaturated/α-hetero) is 1. The Hall–Kier alpha value is -1.99. The molecule has 150 valence electrons. The van der Waals surface area contributed by atoms with Crippen molar-refractivity contribution in [1.82, 2.24) is 9.80 Å². The minimum atomic E-state index is -0.323. The van der Waals surface area contributed by atoms with Crippen molar-refractivity contribution in [2.75, 3.05) is 52.6 Å². The summed E-state index contributed by atoms with van der Waals surface area (Å²) in [5.41, 5.74) is 2.37. The van der Waals surface area contributed by atoms with Crippen LogP contribution in [0, 0.1) is 6.92 Å². The predicted octanol–water partition coefficient (Wildman–Crippen LogP) is 2.55. The minimum absolute atomic E-state index is 0.0315. The first kappa shape index (κ1) is 19.3. The van der Waals surface area contributed by atoms with E-state index < -0.39 is 0 Å². The molecule has 1 aromatic carbocycles. The molecule has 2 atom stereocenters. The van der Waals surface area contributed by atoms with Gasteiger partial charge < -0.3 is 13.9 Å². The van der Waals surface area contributed by atoms with Gasteiger partial charge >= 0.3 is 0 Å². The lowest BCUT2D eigenvalue weighted by molar-refractivity contribution is -0.0307. The van der Waals surface area contributed by atoms with Crippen LogP contribution >= 0.6 is 0 Å². The van der Waals surface area contributed by atoms with E-state index >= 15 is 0 Å². The quantitative estimate of drug-likeness (QED) is 0.714. The molecule has 2 aliphatic rings. The van der Waals surface area contributed by atoms with Crippen molar-refractivity contribution in [3.05, 3.63) is 59.5 Å². The van der Waals surface area contributed by atoms with Crippen LogP contribution in [0.1, 0.15) is 27.7 Å². The Morgan fingerprint density at radius 1 is 0.893 bits per heavy atom. The van der Waals surface area contributed by atoms with Gasteiger partial charge in [0, 0.05) is 26.2 Å². The Labute approximate surface area is 166 Å². The summed E-state index contributed by atoms with van der Waals surface area (Å²) in [4.78, 5) is 18.2. The highest BCUT2D eigenvalue weighted by Gasteiger charge is 2.40. The minimum Gasteiger partial charge on any atom is -0.461 e. The number of morpholine rings is 2. The van der Waals surface area contributed by atoms with Crippen molar-refractivity contribution < 1.29 is 18.7 Å². The van der Waals surface area contributed by atoms with Crippen molar-refractivity contribution in [2.45, 2.75) is 19.0 Å². The van der Waals surface area contributed by atoms with Crippen LogP contribution in [0.15, 0.2) is 47.1 Å². The van der Waals surface area contributed by atoms with E-state index in [1.54, 1.807) is 18.4 Å². The summed E-state index contributed by atoms with van der Waals surface area (Å²) in [6.07, 6.45) is 1.57. The zero-order valence-corrected chi connectivity index (χ0v) is 16.4. The Bertz CT molecular complexity index is 747. The number of rotatable bonds is 6. The van der Waals surface area contributed by atoms with Gasteiger partial charge in [0.05, 0.1) is 44.8 Å². The molecule has 6 heteroatoms. The lowest BCUT2D eigenvalue weighted by Gasteiger charge is -2.44. The average molecular weight is 384 g/mol. The van der Waals surface area contributed by atoms with Gasteiger partial charge in [-0.2, -0.15) is 0 Å². The Morgan fingerprint density at radius 2 is 1.50 bits per heavy atom. The predicted molar refractivity (Wildman–Crippen MR) is 106 cm³/mol. The number of aryl methyl sites for hydroxylation is 1. The first-order chi connectivity index (χ1) is 13.7. The van der Waals surface area contributed by atoms with Gasteiger partial charge in [-0.25, -0.2) is 0 Å². The number of ether oxygens (including phenoxy) is 2. The van der Waals surface area contributed by atoms with Crippen LogP contribution in [0.4, 0.5) is 0 Å². The third kappa shape index (κ3) is 4.20. The zero-order valence-electron chi connectivity index (χ0n) is 16.4. The Kier molecular flexibility index (Phi) is 6.22. The summed E-state index contributed by atoms with van der Waals surface area (Å²) in [7, 11) is 0. The van der Waals surface area contributed by atoms with Gasteiger partial charge in [-0.05, 0) is 24.6 Å². The van der Waals surface area contributed by atoms with E-state index in [1.165, 1.54) is 5.56 Å². The normalized spacial score (nSPS) is 21.3. The van der Waals surface area contributed by atoms with Crippen LogP contribution in [0.3, 0.4) is 0 Å². The monoisotopic (exact) mass is 384 g/mol. The molecule has 1 aromatic heterocycles. The van der Waals surface area contributed by atoms with Crippen LogP contribution in [0.2, 0.25) is 0 Å². The first-order valence-electron chi connectivity index (χ1n) is 10.0. The summed E-state index contributed by atoms with van der Waals surface area (Å²) in [5.74, 6) is 0.450. The van der Waals surface area contributed by atoms with Crippen molar-refractivity contribution in [3.8, 4) is 0 Å². The van der Waals surface area contributed by atoms with E-state index in [9.17, 15) is 4.79 Å². The summed E-state index contributed by atoms with van der Waals surface area (Å²) < 4.78 is 16.6. The molecule has 2 fully saturated rings. The second kappa shape index (κ2) is 9.01. The number of ketones is 1. The number of furan rings is 1. The highest BCUT2D eigenvalue weighted by atomic mass is 16.5. The van der Waals surface area contributed by atoms with Crippen molar-refractivity contribution in [1.29, 1.82) is 0 Å². The number of hydrogen-bond acceptors (Lipinski definition) is 6. The smallest absolute Gasteiger partial charge is 0.216 e. The molecule has 4 rings (SSSR count). The molecule has 0 aliphatic carbocycles. The van der Waals surface area contributed by atoms with Gasteiger partial charge in [-0.3, -0.25) is 14.6 Å². The fourth-order valence-corrected chi connectivity index (χ4v) is 4.14. The van der Waals surface area contributed by atoms with Crippen molar-refractivity contribution in [2.24, 2.45) is 0 Å². The number of carbonyl (C=O) groups is 1. The molecule has 0 saturated carbocycles. The molecule has 0 amide bonds. The van der Waals surface area contributed by atoms with Gasteiger partial charge in [0.1, 0.15) is 0 Å². The summed E-state index contributed by atoms with van der Waals surface area (Å²) >= 11 is 0. The van der Waals surface area contributed by atoms with Gasteiger partial charge in [-0.15, -0.1) is 0 Å². The number of carbonyl (C=O) groups excluding carboxylic acids is 1. The Balaban J connectivity index is 1.74. The van der Waals surface area contributed by atoms with Gasteiger partial charge in [0.2, 0.25) is 5.78 Å². The van der Waals surface area contributed by atoms with Crippen molar-refractivity contribution in [3.63, 3.8) is 0 Å². The third-order valence-corrected chi connectivity index (χ3v) is 5.63. The molecule has 0 bridgehead atoms. The van der Waals surface area contributed by atoms with Gasteiger partial charge in [-0.1, -0.05) is 29.8 Å². The molecule has 0 N–H and O–H groups in total. The largest absolute Gasteiger partial charge is 0.461 e. The van der Waals surface area contributed by atoms with E-state index in [0.717, 1.165) is 31.7 Å². The molecule has 0 spiro atoms. The van der Waals surface area contributed by atoms with Crippen LogP contribution in [-0.4, -0.2) is 74.2 Å². The van der Waals surface area contributed by atoms with E-state index in [0.29, 0.717) is 32.2 Å². The maximum Gasteiger partial charge on any atom is 0.216 e. The van der Waals surface area contributed by atoms with E-state index in [4.69, 9.17) is 13.9 Å². The highest BCUT2D eigenvalue weighted by molar-refractivity contribution is 5.98. The van der Waals surface area contributed by atoms with E-state index in [-0.39, 0.29) is 17.9 Å². The van der Waals surface area contributed by atoms with E-state index in [1.807, 2.05) is 0 Å². The van der Waals surface area contributed by atoms with Crippen LogP contribution in [-0.2, 0) is 9.47 Å². The molecule has 28 heavy (non-hydrogen) atoms. The average Bonchev–Trinajstić information content (AvgIpc) is 3.29. The fourth-order valence-electron chi connectivity index (χ4n) is 4.14. The second-order valence-electron chi connectivity index (χ2n) is 7.44.